The Hall–Kier alpha value is -2.34. The van der Waals surface area contributed by atoms with Crippen LogP contribution in [-0.4, -0.2) is 16.0 Å². The predicted octanol–water partition coefficient (Wildman–Crippen LogP) is 2.55. The molecule has 0 saturated carbocycles. The summed E-state index contributed by atoms with van der Waals surface area (Å²) >= 11 is 6.04. The van der Waals surface area contributed by atoms with Gasteiger partial charge >= 0.3 is 0 Å². The van der Waals surface area contributed by atoms with Crippen LogP contribution in [0.4, 0.5) is 4.39 Å². The number of ether oxygens (including phenoxy) is 1. The molecule has 104 valence electrons. The number of nitrogens with zero attached hydrogens (tertiary/aromatic N) is 2. The Morgan fingerprint density at radius 3 is 2.85 bits per heavy atom. The summed E-state index contributed by atoms with van der Waals surface area (Å²) in [6.45, 7) is -0.0288. The van der Waals surface area contributed by atoms with Crippen LogP contribution < -0.4 is 10.5 Å². The molecule has 20 heavy (non-hydrogen) atoms. The number of amidine groups is 1. The first-order valence-electron chi connectivity index (χ1n) is 5.62. The van der Waals surface area contributed by atoms with Crippen LogP contribution in [0.1, 0.15) is 11.1 Å². The molecule has 0 radical (unpaired) electrons. The van der Waals surface area contributed by atoms with Gasteiger partial charge in [0.2, 0.25) is 5.88 Å². The summed E-state index contributed by atoms with van der Waals surface area (Å²) in [4.78, 5) is 3.93. The summed E-state index contributed by atoms with van der Waals surface area (Å²) in [6, 6.07) is 7.69. The van der Waals surface area contributed by atoms with E-state index in [0.717, 1.165) is 0 Å². The highest BCUT2D eigenvalue weighted by molar-refractivity contribution is 6.35. The first-order valence-corrected chi connectivity index (χ1v) is 6.00. The minimum absolute atomic E-state index is 0.0288. The minimum Gasteiger partial charge on any atom is -0.472 e. The zero-order chi connectivity index (χ0) is 14.5. The third-order valence-corrected chi connectivity index (χ3v) is 2.93. The highest BCUT2D eigenvalue weighted by Gasteiger charge is 2.13. The SMILES string of the molecule is N/C(=N/O)c1ccnc(OCc2ccccc2F)c1Cl. The molecule has 1 aromatic carbocycles. The Labute approximate surface area is 119 Å². The number of hydrogen-bond acceptors (Lipinski definition) is 4. The molecule has 0 atom stereocenters. The molecule has 0 aliphatic rings. The van der Waals surface area contributed by atoms with Crippen molar-refractivity contribution < 1.29 is 14.3 Å². The lowest BCUT2D eigenvalue weighted by Gasteiger charge is -2.09. The molecule has 7 heteroatoms. The fraction of sp³-hybridized carbons (Fsp3) is 0.0769. The third kappa shape index (κ3) is 2.97. The van der Waals surface area contributed by atoms with Crippen LogP contribution in [-0.2, 0) is 6.61 Å². The van der Waals surface area contributed by atoms with Crippen molar-refractivity contribution in [2.75, 3.05) is 0 Å². The molecule has 0 fully saturated rings. The van der Waals surface area contributed by atoms with Gasteiger partial charge < -0.3 is 15.7 Å². The summed E-state index contributed by atoms with van der Waals surface area (Å²) in [5.74, 6) is -0.455. The van der Waals surface area contributed by atoms with E-state index in [1.165, 1.54) is 18.3 Å². The molecule has 0 aliphatic heterocycles. The van der Waals surface area contributed by atoms with Crippen molar-refractivity contribution >= 4 is 17.4 Å². The highest BCUT2D eigenvalue weighted by atomic mass is 35.5. The molecule has 1 aromatic heterocycles. The van der Waals surface area contributed by atoms with Crippen LogP contribution in [0.3, 0.4) is 0 Å². The van der Waals surface area contributed by atoms with E-state index in [4.69, 9.17) is 27.3 Å². The van der Waals surface area contributed by atoms with E-state index in [0.29, 0.717) is 5.56 Å². The first-order chi connectivity index (χ1) is 9.63. The number of pyridine rings is 1. The number of rotatable bonds is 4. The second-order valence-electron chi connectivity index (χ2n) is 3.84. The number of hydrogen-bond donors (Lipinski definition) is 2. The van der Waals surface area contributed by atoms with Gasteiger partial charge in [-0.1, -0.05) is 35.0 Å². The lowest BCUT2D eigenvalue weighted by molar-refractivity contribution is 0.288. The Morgan fingerprint density at radius 1 is 1.40 bits per heavy atom. The highest BCUT2D eigenvalue weighted by Crippen LogP contribution is 2.26. The molecule has 2 rings (SSSR count). The molecule has 0 bridgehead atoms. The predicted molar refractivity (Wildman–Crippen MR) is 72.5 cm³/mol. The fourth-order valence-corrected chi connectivity index (χ4v) is 1.80. The monoisotopic (exact) mass is 295 g/mol. The zero-order valence-electron chi connectivity index (χ0n) is 10.3. The maximum atomic E-state index is 13.4. The van der Waals surface area contributed by atoms with Gasteiger partial charge in [0.05, 0.1) is 0 Å². The van der Waals surface area contributed by atoms with Gasteiger partial charge in [-0.3, -0.25) is 0 Å². The quantitative estimate of drug-likeness (QED) is 0.393. The van der Waals surface area contributed by atoms with E-state index in [1.54, 1.807) is 18.2 Å². The van der Waals surface area contributed by atoms with Gasteiger partial charge in [0.25, 0.3) is 0 Å². The normalized spacial score (nSPS) is 11.4. The van der Waals surface area contributed by atoms with Crippen LogP contribution in [0.5, 0.6) is 5.88 Å². The van der Waals surface area contributed by atoms with Crippen LogP contribution in [0.25, 0.3) is 0 Å². The van der Waals surface area contributed by atoms with E-state index in [9.17, 15) is 4.39 Å². The number of aromatic nitrogens is 1. The van der Waals surface area contributed by atoms with E-state index in [1.807, 2.05) is 0 Å². The van der Waals surface area contributed by atoms with Gasteiger partial charge in [-0.05, 0) is 12.1 Å². The van der Waals surface area contributed by atoms with Gasteiger partial charge in [0, 0.05) is 17.3 Å². The summed E-state index contributed by atoms with van der Waals surface area (Å²) in [6.07, 6.45) is 1.40. The van der Waals surface area contributed by atoms with Crippen molar-refractivity contribution in [3.05, 3.63) is 58.5 Å². The lowest BCUT2D eigenvalue weighted by atomic mass is 10.2. The largest absolute Gasteiger partial charge is 0.472 e. The Morgan fingerprint density at radius 2 is 2.15 bits per heavy atom. The van der Waals surface area contributed by atoms with E-state index in [-0.39, 0.29) is 34.7 Å². The molecule has 3 N–H and O–H groups in total. The summed E-state index contributed by atoms with van der Waals surface area (Å²) in [5.41, 5.74) is 6.13. The lowest BCUT2D eigenvalue weighted by Crippen LogP contribution is -2.14. The molecule has 0 amide bonds. The summed E-state index contributed by atoms with van der Waals surface area (Å²) in [5, 5.41) is 11.6. The zero-order valence-corrected chi connectivity index (χ0v) is 11.0. The standard InChI is InChI=1S/C13H11ClFN3O2/c14-11-9(12(16)18-19)5-6-17-13(11)20-7-8-3-1-2-4-10(8)15/h1-6,19H,7H2,(H2,16,18). The topological polar surface area (TPSA) is 80.7 Å². The van der Waals surface area contributed by atoms with E-state index < -0.39 is 0 Å². The third-order valence-electron chi connectivity index (χ3n) is 2.56. The Kier molecular flexibility index (Phi) is 4.37. The van der Waals surface area contributed by atoms with Crippen LogP contribution in [0.2, 0.25) is 5.02 Å². The molecular weight excluding hydrogens is 285 g/mol. The molecular formula is C13H11ClFN3O2. The van der Waals surface area contributed by atoms with Crippen molar-refractivity contribution in [1.82, 2.24) is 4.98 Å². The second kappa shape index (κ2) is 6.21. The molecule has 5 nitrogen and oxygen atoms in total. The molecule has 2 aromatic rings. The van der Waals surface area contributed by atoms with Gasteiger partial charge in [-0.25, -0.2) is 9.37 Å². The van der Waals surface area contributed by atoms with Crippen LogP contribution in [0.15, 0.2) is 41.7 Å². The molecule has 0 aliphatic carbocycles. The summed E-state index contributed by atoms with van der Waals surface area (Å²) < 4.78 is 18.8. The van der Waals surface area contributed by atoms with Gasteiger partial charge in [0.1, 0.15) is 17.4 Å². The van der Waals surface area contributed by atoms with Crippen molar-refractivity contribution in [3.8, 4) is 5.88 Å². The fourth-order valence-electron chi connectivity index (χ4n) is 1.54. The number of nitrogens with two attached hydrogens (primary N) is 1. The first kappa shape index (κ1) is 14.1. The molecule has 1 heterocycles. The van der Waals surface area contributed by atoms with Crippen molar-refractivity contribution in [1.29, 1.82) is 0 Å². The number of benzene rings is 1. The van der Waals surface area contributed by atoms with Gasteiger partial charge in [0.15, 0.2) is 5.84 Å². The molecule has 0 spiro atoms. The molecule has 0 unspecified atom stereocenters. The van der Waals surface area contributed by atoms with Crippen molar-refractivity contribution in [2.24, 2.45) is 10.9 Å². The number of halogens is 2. The number of oxime groups is 1. The van der Waals surface area contributed by atoms with Crippen LogP contribution >= 0.6 is 11.6 Å². The smallest absolute Gasteiger partial charge is 0.233 e. The Balaban J connectivity index is 2.21. The van der Waals surface area contributed by atoms with Gasteiger partial charge in [-0.15, -0.1) is 0 Å². The minimum atomic E-state index is -0.379. The van der Waals surface area contributed by atoms with Gasteiger partial charge in [-0.2, -0.15) is 0 Å². The Bertz CT molecular complexity index is 649. The van der Waals surface area contributed by atoms with E-state index in [2.05, 4.69) is 10.1 Å². The van der Waals surface area contributed by atoms with Crippen LogP contribution in [0, 0.1) is 5.82 Å². The van der Waals surface area contributed by atoms with Crippen molar-refractivity contribution in [3.63, 3.8) is 0 Å². The average molecular weight is 296 g/mol. The molecule has 0 saturated heterocycles. The summed E-state index contributed by atoms with van der Waals surface area (Å²) in [7, 11) is 0. The van der Waals surface area contributed by atoms with E-state index >= 15 is 0 Å². The maximum Gasteiger partial charge on any atom is 0.233 e. The maximum absolute atomic E-state index is 13.4. The van der Waals surface area contributed by atoms with Crippen molar-refractivity contribution in [2.45, 2.75) is 6.61 Å². The average Bonchev–Trinajstić information content (AvgIpc) is 2.47. The second-order valence-corrected chi connectivity index (χ2v) is 4.22.